The number of sulfonamides is 1. The summed E-state index contributed by atoms with van der Waals surface area (Å²) in [5, 5.41) is 0. The topological polar surface area (TPSA) is 91.8 Å². The molecule has 0 aromatic heterocycles. The fourth-order valence-corrected chi connectivity index (χ4v) is 6.40. The van der Waals surface area contributed by atoms with E-state index >= 15 is 0 Å². The molecule has 0 bridgehead atoms. The normalized spacial score (nSPS) is 24.0. The van der Waals surface area contributed by atoms with Crippen LogP contribution in [0.3, 0.4) is 0 Å². The molecule has 0 radical (unpaired) electrons. The minimum absolute atomic E-state index is 0.0214. The van der Waals surface area contributed by atoms with E-state index in [1.165, 1.54) is 19.2 Å². The van der Waals surface area contributed by atoms with Crippen LogP contribution in [0.1, 0.15) is 19.3 Å². The van der Waals surface area contributed by atoms with E-state index in [0.29, 0.717) is 25.1 Å². The van der Waals surface area contributed by atoms with Crippen molar-refractivity contribution in [2.75, 3.05) is 30.0 Å². The van der Waals surface area contributed by atoms with E-state index in [1.807, 2.05) is 0 Å². The number of carbonyl (C=O) groups excluding carboxylic acids is 1. The largest absolute Gasteiger partial charge is 0.312 e. The van der Waals surface area contributed by atoms with Crippen molar-refractivity contribution in [3.8, 4) is 0 Å². The zero-order chi connectivity index (χ0) is 17.5. The number of anilines is 1. The van der Waals surface area contributed by atoms with Crippen molar-refractivity contribution in [2.45, 2.75) is 30.2 Å². The van der Waals surface area contributed by atoms with Gasteiger partial charge < -0.3 is 4.90 Å². The Morgan fingerprint density at radius 1 is 1.21 bits per heavy atom. The van der Waals surface area contributed by atoms with Crippen LogP contribution >= 0.6 is 0 Å². The molecule has 24 heavy (non-hydrogen) atoms. The second-order valence-electron chi connectivity index (χ2n) is 6.22. The smallest absolute Gasteiger partial charge is 0.243 e. The van der Waals surface area contributed by atoms with Gasteiger partial charge in [0.2, 0.25) is 15.9 Å². The molecule has 0 spiro atoms. The van der Waals surface area contributed by atoms with Crippen molar-refractivity contribution in [3.63, 3.8) is 0 Å². The molecule has 2 fully saturated rings. The SMILES string of the molecule is CN(C1CCS(=O)(=O)C1)S(=O)(=O)c1ccc(N2CCCC2=O)cc1. The summed E-state index contributed by atoms with van der Waals surface area (Å²) in [5.41, 5.74) is 0.683. The fourth-order valence-electron chi connectivity index (χ4n) is 3.14. The van der Waals surface area contributed by atoms with Crippen molar-refractivity contribution in [1.82, 2.24) is 4.31 Å². The molecule has 1 atom stereocenters. The maximum atomic E-state index is 12.7. The molecule has 2 aliphatic heterocycles. The Labute approximate surface area is 142 Å². The highest BCUT2D eigenvalue weighted by atomic mass is 32.2. The summed E-state index contributed by atoms with van der Waals surface area (Å²) >= 11 is 0. The first kappa shape index (κ1) is 17.4. The molecule has 132 valence electrons. The lowest BCUT2D eigenvalue weighted by atomic mass is 10.3. The second-order valence-corrected chi connectivity index (χ2v) is 10.4. The van der Waals surface area contributed by atoms with Crippen molar-refractivity contribution in [2.24, 2.45) is 0 Å². The van der Waals surface area contributed by atoms with Crippen molar-refractivity contribution in [3.05, 3.63) is 24.3 Å². The van der Waals surface area contributed by atoms with Gasteiger partial charge in [0.15, 0.2) is 9.84 Å². The van der Waals surface area contributed by atoms with E-state index < -0.39 is 25.9 Å². The number of hydrogen-bond acceptors (Lipinski definition) is 5. The standard InChI is InChI=1S/C15H20N2O5S2/c1-16(13-8-10-23(19,20)11-13)24(21,22)14-6-4-12(5-7-14)17-9-2-3-15(17)18/h4-7,13H,2-3,8-11H2,1H3. The van der Waals surface area contributed by atoms with E-state index in [-0.39, 0.29) is 22.3 Å². The molecule has 1 unspecified atom stereocenters. The molecule has 0 saturated carbocycles. The first-order chi connectivity index (χ1) is 11.2. The third kappa shape index (κ3) is 3.20. The van der Waals surface area contributed by atoms with Crippen molar-refractivity contribution >= 4 is 31.5 Å². The van der Waals surface area contributed by atoms with Gasteiger partial charge in [-0.1, -0.05) is 0 Å². The van der Waals surface area contributed by atoms with E-state index in [0.717, 1.165) is 10.7 Å². The summed E-state index contributed by atoms with van der Waals surface area (Å²) in [4.78, 5) is 13.5. The summed E-state index contributed by atoms with van der Waals surface area (Å²) in [6, 6.07) is 5.65. The Hall–Kier alpha value is -1.45. The van der Waals surface area contributed by atoms with Crippen molar-refractivity contribution in [1.29, 1.82) is 0 Å². The molecule has 7 nitrogen and oxygen atoms in total. The Balaban J connectivity index is 1.81. The van der Waals surface area contributed by atoms with E-state index in [4.69, 9.17) is 0 Å². The van der Waals surface area contributed by atoms with Crippen LogP contribution in [0, 0.1) is 0 Å². The lowest BCUT2D eigenvalue weighted by Crippen LogP contribution is -2.37. The minimum atomic E-state index is -3.76. The minimum Gasteiger partial charge on any atom is -0.312 e. The number of rotatable bonds is 4. The maximum absolute atomic E-state index is 12.7. The van der Waals surface area contributed by atoms with Crippen LogP contribution in [0.25, 0.3) is 0 Å². The number of sulfone groups is 1. The van der Waals surface area contributed by atoms with Crippen LogP contribution in [0.15, 0.2) is 29.2 Å². The van der Waals surface area contributed by atoms with Gasteiger partial charge in [-0.2, -0.15) is 4.31 Å². The quantitative estimate of drug-likeness (QED) is 0.773. The Kier molecular flexibility index (Phi) is 4.43. The zero-order valence-corrected chi connectivity index (χ0v) is 15.0. The Morgan fingerprint density at radius 3 is 2.38 bits per heavy atom. The first-order valence-corrected chi connectivity index (χ1v) is 11.1. The number of hydrogen-bond donors (Lipinski definition) is 0. The van der Waals surface area contributed by atoms with Gasteiger partial charge in [0, 0.05) is 31.7 Å². The van der Waals surface area contributed by atoms with Crippen LogP contribution in [-0.2, 0) is 24.7 Å². The lowest BCUT2D eigenvalue weighted by Gasteiger charge is -2.23. The van der Waals surface area contributed by atoms with Crippen molar-refractivity contribution < 1.29 is 21.6 Å². The predicted octanol–water partition coefficient (Wildman–Crippen LogP) is 0.621. The molecule has 0 N–H and O–H groups in total. The van der Waals surface area contributed by atoms with Gasteiger partial charge in [0.25, 0.3) is 0 Å². The predicted molar refractivity (Wildman–Crippen MR) is 90.0 cm³/mol. The molecule has 0 aliphatic carbocycles. The van der Waals surface area contributed by atoms with Crippen LogP contribution < -0.4 is 4.90 Å². The maximum Gasteiger partial charge on any atom is 0.243 e. The summed E-state index contributed by atoms with van der Waals surface area (Å²) in [6.45, 7) is 0.644. The van der Waals surface area contributed by atoms with E-state index in [1.54, 1.807) is 17.0 Å². The van der Waals surface area contributed by atoms with Gasteiger partial charge in [-0.05, 0) is 37.1 Å². The first-order valence-electron chi connectivity index (χ1n) is 7.80. The zero-order valence-electron chi connectivity index (χ0n) is 13.4. The lowest BCUT2D eigenvalue weighted by molar-refractivity contribution is -0.117. The molecular formula is C15H20N2O5S2. The molecular weight excluding hydrogens is 352 g/mol. The van der Waals surface area contributed by atoms with E-state index in [2.05, 4.69) is 0 Å². The van der Waals surface area contributed by atoms with Crippen LogP contribution in [0.5, 0.6) is 0 Å². The van der Waals surface area contributed by atoms with Gasteiger partial charge in [-0.25, -0.2) is 16.8 Å². The summed E-state index contributed by atoms with van der Waals surface area (Å²) in [7, 11) is -5.50. The Morgan fingerprint density at radius 2 is 1.88 bits per heavy atom. The van der Waals surface area contributed by atoms with Crippen LogP contribution in [-0.4, -0.2) is 58.2 Å². The second kappa shape index (κ2) is 6.12. The van der Waals surface area contributed by atoms with Crippen LogP contribution in [0.4, 0.5) is 5.69 Å². The molecule has 9 heteroatoms. The highest BCUT2D eigenvalue weighted by Gasteiger charge is 2.36. The highest BCUT2D eigenvalue weighted by molar-refractivity contribution is 7.92. The van der Waals surface area contributed by atoms with E-state index in [9.17, 15) is 21.6 Å². The Bertz CT molecular complexity index is 846. The molecule has 3 rings (SSSR count). The van der Waals surface area contributed by atoms with Gasteiger partial charge in [0.1, 0.15) is 0 Å². The van der Waals surface area contributed by atoms with Gasteiger partial charge in [-0.3, -0.25) is 4.79 Å². The number of benzene rings is 1. The average Bonchev–Trinajstić information content (AvgIpc) is 3.12. The third-order valence-corrected chi connectivity index (χ3v) is 8.30. The molecule has 2 saturated heterocycles. The van der Waals surface area contributed by atoms with Gasteiger partial charge in [0.05, 0.1) is 16.4 Å². The molecule has 2 heterocycles. The molecule has 1 amide bonds. The highest BCUT2D eigenvalue weighted by Crippen LogP contribution is 2.26. The summed E-state index contributed by atoms with van der Waals surface area (Å²) in [5.74, 6) is -0.0738. The van der Waals surface area contributed by atoms with Crippen LogP contribution in [0.2, 0.25) is 0 Å². The number of amides is 1. The third-order valence-electron chi connectivity index (χ3n) is 4.62. The summed E-state index contributed by atoms with van der Waals surface area (Å²) < 4.78 is 49.6. The summed E-state index contributed by atoms with van der Waals surface area (Å²) in [6.07, 6.45) is 1.63. The molecule has 1 aromatic carbocycles. The average molecular weight is 372 g/mol. The number of carbonyl (C=O) groups is 1. The molecule has 1 aromatic rings. The number of nitrogens with zero attached hydrogens (tertiary/aromatic N) is 2. The monoisotopic (exact) mass is 372 g/mol. The van der Waals surface area contributed by atoms with Gasteiger partial charge in [-0.15, -0.1) is 0 Å². The fraction of sp³-hybridized carbons (Fsp3) is 0.533. The molecule has 2 aliphatic rings. The van der Waals surface area contributed by atoms with Gasteiger partial charge >= 0.3 is 0 Å².